The molecule has 2 rings (SSSR count). The zero-order valence-corrected chi connectivity index (χ0v) is 10.9. The summed E-state index contributed by atoms with van der Waals surface area (Å²) >= 11 is 0. The van der Waals surface area contributed by atoms with Crippen LogP contribution in [0, 0.1) is 0 Å². The monoisotopic (exact) mass is 273 g/mol. The molecule has 0 fully saturated rings. The van der Waals surface area contributed by atoms with E-state index >= 15 is 0 Å². The molecule has 0 aliphatic rings. The number of pyridine rings is 1. The molecule has 1 aromatic carbocycles. The Bertz CT molecular complexity index is 607. The van der Waals surface area contributed by atoms with Gasteiger partial charge in [0.05, 0.1) is 0 Å². The third-order valence-electron chi connectivity index (χ3n) is 2.56. The summed E-state index contributed by atoms with van der Waals surface area (Å²) < 4.78 is 11.7. The number of ether oxygens (including phenoxy) is 2. The van der Waals surface area contributed by atoms with Gasteiger partial charge in [0.15, 0.2) is 0 Å². The van der Waals surface area contributed by atoms with E-state index in [9.17, 15) is 9.59 Å². The number of carbonyl (C=O) groups excluding carboxylic acids is 1. The van der Waals surface area contributed by atoms with Gasteiger partial charge in [-0.15, -0.1) is 0 Å². The van der Waals surface area contributed by atoms with Crippen molar-refractivity contribution in [2.75, 3.05) is 13.2 Å². The lowest BCUT2D eigenvalue weighted by Crippen LogP contribution is -2.24. The minimum atomic E-state index is -0.463. The summed E-state index contributed by atoms with van der Waals surface area (Å²) in [5.41, 5.74) is -0.231. The maximum Gasteiger partial charge on any atom is 0.326 e. The van der Waals surface area contributed by atoms with E-state index < -0.39 is 5.97 Å². The number of para-hydroxylation sites is 1. The van der Waals surface area contributed by atoms with Crippen LogP contribution in [0.25, 0.3) is 0 Å². The van der Waals surface area contributed by atoms with Gasteiger partial charge in [0.1, 0.15) is 25.5 Å². The predicted octanol–water partition coefficient (Wildman–Crippen LogP) is 1.47. The highest BCUT2D eigenvalue weighted by molar-refractivity contribution is 5.69. The van der Waals surface area contributed by atoms with Gasteiger partial charge in [-0.3, -0.25) is 9.59 Å². The van der Waals surface area contributed by atoms with Gasteiger partial charge in [0, 0.05) is 12.3 Å². The fourth-order valence-electron chi connectivity index (χ4n) is 1.61. The Morgan fingerprint density at radius 1 is 1.00 bits per heavy atom. The van der Waals surface area contributed by atoms with Crippen LogP contribution in [-0.4, -0.2) is 23.8 Å². The number of hydrogen-bond acceptors (Lipinski definition) is 4. The number of nitrogens with zero attached hydrogens (tertiary/aromatic N) is 1. The molecular weight excluding hydrogens is 258 g/mol. The third kappa shape index (κ3) is 4.28. The zero-order valence-electron chi connectivity index (χ0n) is 10.9. The van der Waals surface area contributed by atoms with Crippen molar-refractivity contribution in [1.82, 2.24) is 4.57 Å². The summed E-state index contributed by atoms with van der Waals surface area (Å²) in [7, 11) is 0. The smallest absolute Gasteiger partial charge is 0.326 e. The highest BCUT2D eigenvalue weighted by Gasteiger charge is 2.05. The standard InChI is InChI=1S/C15H15NO4/c17-14-8-4-5-9-16(14)12-15(18)20-11-10-19-13-6-2-1-3-7-13/h1-9H,10-12H2. The minimum absolute atomic E-state index is 0.0923. The first-order valence-electron chi connectivity index (χ1n) is 6.24. The van der Waals surface area contributed by atoms with Crippen LogP contribution in [0.4, 0.5) is 0 Å². The second-order valence-corrected chi connectivity index (χ2v) is 4.05. The topological polar surface area (TPSA) is 57.5 Å². The van der Waals surface area contributed by atoms with Gasteiger partial charge in [-0.05, 0) is 18.2 Å². The number of esters is 1. The van der Waals surface area contributed by atoms with Crippen LogP contribution in [0.1, 0.15) is 0 Å². The summed E-state index contributed by atoms with van der Waals surface area (Å²) in [6, 6.07) is 14.0. The Morgan fingerprint density at radius 3 is 2.50 bits per heavy atom. The van der Waals surface area contributed by atoms with Gasteiger partial charge in [0.2, 0.25) is 0 Å². The maximum absolute atomic E-state index is 11.5. The molecule has 0 unspecified atom stereocenters. The van der Waals surface area contributed by atoms with Crippen molar-refractivity contribution >= 4 is 5.97 Å². The van der Waals surface area contributed by atoms with Gasteiger partial charge < -0.3 is 14.0 Å². The molecule has 1 heterocycles. The normalized spacial score (nSPS) is 10.0. The molecule has 0 atom stereocenters. The molecule has 0 saturated carbocycles. The van der Waals surface area contributed by atoms with E-state index in [0.29, 0.717) is 0 Å². The van der Waals surface area contributed by atoms with Crippen molar-refractivity contribution in [2.45, 2.75) is 6.54 Å². The molecule has 0 radical (unpaired) electrons. The number of rotatable bonds is 6. The molecular formula is C15H15NO4. The number of carbonyl (C=O) groups is 1. The molecule has 0 aliphatic carbocycles. The van der Waals surface area contributed by atoms with E-state index in [2.05, 4.69) is 0 Å². The molecule has 104 valence electrons. The fourth-order valence-corrected chi connectivity index (χ4v) is 1.61. The molecule has 1 aromatic heterocycles. The average Bonchev–Trinajstić information content (AvgIpc) is 2.47. The molecule has 0 spiro atoms. The Kier molecular flexibility index (Phi) is 4.94. The van der Waals surface area contributed by atoms with E-state index in [1.807, 2.05) is 30.3 Å². The lowest BCUT2D eigenvalue weighted by atomic mass is 10.3. The molecule has 20 heavy (non-hydrogen) atoms. The van der Waals surface area contributed by atoms with Gasteiger partial charge in [-0.25, -0.2) is 0 Å². The van der Waals surface area contributed by atoms with Crippen molar-refractivity contribution in [1.29, 1.82) is 0 Å². The fraction of sp³-hybridized carbons (Fsp3) is 0.200. The summed E-state index contributed by atoms with van der Waals surface area (Å²) in [5, 5.41) is 0. The van der Waals surface area contributed by atoms with E-state index in [0.717, 1.165) is 5.75 Å². The lowest BCUT2D eigenvalue weighted by molar-refractivity contribution is -0.145. The number of aromatic nitrogens is 1. The second kappa shape index (κ2) is 7.13. The quantitative estimate of drug-likeness (QED) is 0.591. The van der Waals surface area contributed by atoms with Crippen molar-refractivity contribution in [2.24, 2.45) is 0 Å². The van der Waals surface area contributed by atoms with Crippen molar-refractivity contribution < 1.29 is 14.3 Å². The van der Waals surface area contributed by atoms with Crippen LogP contribution < -0.4 is 10.3 Å². The largest absolute Gasteiger partial charge is 0.490 e. The van der Waals surface area contributed by atoms with E-state index in [1.54, 1.807) is 18.3 Å². The second-order valence-electron chi connectivity index (χ2n) is 4.05. The average molecular weight is 273 g/mol. The molecule has 0 bridgehead atoms. The van der Waals surface area contributed by atoms with Crippen molar-refractivity contribution in [3.05, 3.63) is 65.1 Å². The lowest BCUT2D eigenvalue weighted by Gasteiger charge is -2.08. The summed E-state index contributed by atoms with van der Waals surface area (Å²) in [5.74, 6) is 0.262. The van der Waals surface area contributed by atoms with Crippen molar-refractivity contribution in [3.8, 4) is 5.75 Å². The number of benzene rings is 1. The molecule has 2 aromatic rings. The van der Waals surface area contributed by atoms with Crippen molar-refractivity contribution in [3.63, 3.8) is 0 Å². The number of hydrogen-bond donors (Lipinski definition) is 0. The first-order chi connectivity index (χ1) is 9.75. The molecule has 5 nitrogen and oxygen atoms in total. The molecule has 0 aliphatic heterocycles. The summed E-state index contributed by atoms with van der Waals surface area (Å²) in [4.78, 5) is 22.9. The van der Waals surface area contributed by atoms with Gasteiger partial charge >= 0.3 is 5.97 Å². The molecule has 5 heteroatoms. The van der Waals surface area contributed by atoms with Gasteiger partial charge in [0.25, 0.3) is 5.56 Å². The molecule has 0 amide bonds. The van der Waals surface area contributed by atoms with Gasteiger partial charge in [-0.1, -0.05) is 24.3 Å². The first kappa shape index (κ1) is 13.9. The Hall–Kier alpha value is -2.56. The van der Waals surface area contributed by atoms with Crippen LogP contribution in [0.2, 0.25) is 0 Å². The first-order valence-corrected chi connectivity index (χ1v) is 6.24. The van der Waals surface area contributed by atoms with Crippen LogP contribution >= 0.6 is 0 Å². The van der Waals surface area contributed by atoms with Crippen LogP contribution in [0.5, 0.6) is 5.75 Å². The summed E-state index contributed by atoms with van der Waals surface area (Å²) in [6.07, 6.45) is 1.55. The van der Waals surface area contributed by atoms with E-state index in [4.69, 9.17) is 9.47 Å². The highest BCUT2D eigenvalue weighted by Crippen LogP contribution is 2.07. The predicted molar refractivity (Wildman–Crippen MR) is 73.6 cm³/mol. The molecule has 0 N–H and O–H groups in total. The Morgan fingerprint density at radius 2 is 1.75 bits per heavy atom. The third-order valence-corrected chi connectivity index (χ3v) is 2.56. The summed E-state index contributed by atoms with van der Waals surface area (Å²) in [6.45, 7) is 0.333. The Balaban J connectivity index is 1.71. The highest BCUT2D eigenvalue weighted by atomic mass is 16.6. The van der Waals surface area contributed by atoms with E-state index in [1.165, 1.54) is 10.6 Å². The minimum Gasteiger partial charge on any atom is -0.490 e. The molecule has 0 saturated heterocycles. The van der Waals surface area contributed by atoms with Crippen LogP contribution in [-0.2, 0) is 16.1 Å². The van der Waals surface area contributed by atoms with E-state index in [-0.39, 0.29) is 25.3 Å². The Labute approximate surface area is 116 Å². The SMILES string of the molecule is O=C(Cn1ccccc1=O)OCCOc1ccccc1. The zero-order chi connectivity index (χ0) is 14.2. The van der Waals surface area contributed by atoms with Crippen LogP contribution in [0.15, 0.2) is 59.5 Å². The maximum atomic E-state index is 11.5. The van der Waals surface area contributed by atoms with Gasteiger partial charge in [-0.2, -0.15) is 0 Å². The van der Waals surface area contributed by atoms with Crippen LogP contribution in [0.3, 0.4) is 0 Å².